The van der Waals surface area contributed by atoms with Crippen LogP contribution in [-0.4, -0.2) is 11.0 Å². The fourth-order valence-corrected chi connectivity index (χ4v) is 0.812. The van der Waals surface area contributed by atoms with Crippen molar-refractivity contribution in [2.45, 2.75) is 0 Å². The SMILES string of the molecule is NC(=O)Oc1ccc(F)c([N+](=O)[O-])c1. The van der Waals surface area contributed by atoms with Gasteiger partial charge in [0.2, 0.25) is 5.82 Å². The van der Waals surface area contributed by atoms with Crippen LogP contribution in [0.3, 0.4) is 0 Å². The molecule has 2 N–H and O–H groups in total. The van der Waals surface area contributed by atoms with Crippen LogP contribution in [0.2, 0.25) is 0 Å². The molecule has 1 aromatic rings. The summed E-state index contributed by atoms with van der Waals surface area (Å²) in [6, 6.07) is 2.66. The number of nitrogens with zero attached hydrogens (tertiary/aromatic N) is 1. The fraction of sp³-hybridized carbons (Fsp3) is 0. The number of halogens is 1. The molecule has 0 fully saturated rings. The van der Waals surface area contributed by atoms with Gasteiger partial charge in [0.05, 0.1) is 11.0 Å². The first-order valence-electron chi connectivity index (χ1n) is 3.42. The van der Waals surface area contributed by atoms with Crippen molar-refractivity contribution in [3.63, 3.8) is 0 Å². The first-order valence-corrected chi connectivity index (χ1v) is 3.42. The number of primary amides is 1. The largest absolute Gasteiger partial charge is 0.410 e. The molecule has 0 aliphatic carbocycles. The number of hydrogen-bond donors (Lipinski definition) is 1. The summed E-state index contributed by atoms with van der Waals surface area (Å²) in [6.45, 7) is 0. The highest BCUT2D eigenvalue weighted by Gasteiger charge is 2.15. The van der Waals surface area contributed by atoms with Crippen LogP contribution < -0.4 is 10.5 Å². The number of nitrogens with two attached hydrogens (primary N) is 1. The Morgan fingerprint density at radius 3 is 2.71 bits per heavy atom. The Morgan fingerprint density at radius 1 is 1.57 bits per heavy atom. The Balaban J connectivity index is 3.06. The molecule has 1 rings (SSSR count). The normalized spacial score (nSPS) is 9.50. The number of carbonyl (C=O) groups is 1. The fourth-order valence-electron chi connectivity index (χ4n) is 0.812. The van der Waals surface area contributed by atoms with Crippen molar-refractivity contribution in [1.29, 1.82) is 0 Å². The quantitative estimate of drug-likeness (QED) is 0.572. The molecule has 0 aliphatic heterocycles. The number of carbonyl (C=O) groups excluding carboxylic acids is 1. The Labute approximate surface area is 77.2 Å². The molecule has 14 heavy (non-hydrogen) atoms. The highest BCUT2D eigenvalue weighted by molar-refractivity contribution is 5.68. The van der Waals surface area contributed by atoms with Crippen LogP contribution in [0, 0.1) is 15.9 Å². The first-order chi connectivity index (χ1) is 6.50. The van der Waals surface area contributed by atoms with Crippen molar-refractivity contribution in [3.8, 4) is 5.75 Å². The standard InChI is InChI=1S/C7H5FN2O4/c8-5-2-1-4(14-7(9)11)3-6(5)10(12)13/h1-3H,(H2,9,11). The molecule has 1 amide bonds. The summed E-state index contributed by atoms with van der Waals surface area (Å²) in [6.07, 6.45) is -1.12. The summed E-state index contributed by atoms with van der Waals surface area (Å²) in [5, 5.41) is 10.3. The highest BCUT2D eigenvalue weighted by atomic mass is 19.1. The average Bonchev–Trinajstić information content (AvgIpc) is 2.07. The molecule has 0 radical (unpaired) electrons. The molecule has 6 nitrogen and oxygen atoms in total. The number of nitro groups is 1. The Morgan fingerprint density at radius 2 is 2.21 bits per heavy atom. The maximum atomic E-state index is 12.7. The van der Waals surface area contributed by atoms with E-state index in [1.54, 1.807) is 0 Å². The van der Waals surface area contributed by atoms with E-state index in [0.717, 1.165) is 18.2 Å². The lowest BCUT2D eigenvalue weighted by Crippen LogP contribution is -2.16. The maximum Gasteiger partial charge on any atom is 0.409 e. The van der Waals surface area contributed by atoms with E-state index in [4.69, 9.17) is 0 Å². The van der Waals surface area contributed by atoms with Crippen LogP contribution in [0.25, 0.3) is 0 Å². The van der Waals surface area contributed by atoms with Crippen molar-refractivity contribution in [1.82, 2.24) is 0 Å². The van der Waals surface area contributed by atoms with Crippen molar-refractivity contribution in [2.24, 2.45) is 5.73 Å². The zero-order chi connectivity index (χ0) is 10.7. The predicted molar refractivity (Wildman–Crippen MR) is 43.3 cm³/mol. The van der Waals surface area contributed by atoms with Crippen molar-refractivity contribution in [3.05, 3.63) is 34.1 Å². The molecule has 0 unspecified atom stereocenters. The number of amides is 1. The summed E-state index contributed by atoms with van der Waals surface area (Å²) in [5.74, 6) is -1.18. The van der Waals surface area contributed by atoms with Crippen LogP contribution in [-0.2, 0) is 0 Å². The number of hydrogen-bond acceptors (Lipinski definition) is 4. The van der Waals surface area contributed by atoms with Gasteiger partial charge in [-0.15, -0.1) is 0 Å². The number of nitro benzene ring substituents is 1. The first kappa shape index (κ1) is 9.90. The third-order valence-corrected chi connectivity index (χ3v) is 1.33. The van der Waals surface area contributed by atoms with E-state index in [9.17, 15) is 19.3 Å². The second-order valence-corrected chi connectivity index (χ2v) is 2.29. The molecule has 1 aromatic carbocycles. The molecular formula is C7H5FN2O4. The summed E-state index contributed by atoms with van der Waals surface area (Å²) in [5.41, 5.74) is 3.89. The molecule has 0 saturated heterocycles. The smallest absolute Gasteiger partial charge is 0.409 e. The van der Waals surface area contributed by atoms with Crippen LogP contribution in [0.1, 0.15) is 0 Å². The second kappa shape index (κ2) is 3.69. The molecule has 0 aliphatic rings. The molecule has 0 saturated carbocycles. The third-order valence-electron chi connectivity index (χ3n) is 1.33. The zero-order valence-electron chi connectivity index (χ0n) is 6.77. The molecule has 0 heterocycles. The minimum absolute atomic E-state index is 0.175. The van der Waals surface area contributed by atoms with Crippen LogP contribution in [0.15, 0.2) is 18.2 Å². The van der Waals surface area contributed by atoms with E-state index in [1.807, 2.05) is 0 Å². The highest BCUT2D eigenvalue weighted by Crippen LogP contribution is 2.22. The van der Waals surface area contributed by atoms with Gasteiger partial charge in [-0.3, -0.25) is 10.1 Å². The lowest BCUT2D eigenvalue weighted by molar-refractivity contribution is -0.387. The third kappa shape index (κ3) is 2.16. The van der Waals surface area contributed by atoms with Gasteiger partial charge in [0.15, 0.2) is 0 Å². The molecule has 0 spiro atoms. The monoisotopic (exact) mass is 200 g/mol. The summed E-state index contributed by atoms with van der Waals surface area (Å²) < 4.78 is 17.1. The minimum Gasteiger partial charge on any atom is -0.410 e. The van der Waals surface area contributed by atoms with E-state index in [0.29, 0.717) is 0 Å². The minimum atomic E-state index is -1.12. The maximum absolute atomic E-state index is 12.7. The lowest BCUT2D eigenvalue weighted by Gasteiger charge is -2.00. The molecular weight excluding hydrogens is 195 g/mol. The van der Waals surface area contributed by atoms with Gasteiger partial charge in [0, 0.05) is 0 Å². The second-order valence-electron chi connectivity index (χ2n) is 2.29. The van der Waals surface area contributed by atoms with Crippen LogP contribution in [0.4, 0.5) is 14.9 Å². The van der Waals surface area contributed by atoms with Gasteiger partial charge in [-0.1, -0.05) is 0 Å². The van der Waals surface area contributed by atoms with E-state index in [2.05, 4.69) is 10.5 Å². The lowest BCUT2D eigenvalue weighted by atomic mass is 10.3. The van der Waals surface area contributed by atoms with Gasteiger partial charge in [0.1, 0.15) is 5.75 Å². The Hall–Kier alpha value is -2.18. The molecule has 74 valence electrons. The van der Waals surface area contributed by atoms with E-state index in [1.165, 1.54) is 0 Å². The topological polar surface area (TPSA) is 95.5 Å². The zero-order valence-corrected chi connectivity index (χ0v) is 6.77. The van der Waals surface area contributed by atoms with E-state index >= 15 is 0 Å². The summed E-state index contributed by atoms with van der Waals surface area (Å²) in [4.78, 5) is 19.6. The molecule has 7 heteroatoms. The average molecular weight is 200 g/mol. The van der Waals surface area contributed by atoms with Gasteiger partial charge in [-0.2, -0.15) is 4.39 Å². The van der Waals surface area contributed by atoms with Crippen molar-refractivity contribution in [2.75, 3.05) is 0 Å². The Bertz CT molecular complexity index is 393. The van der Waals surface area contributed by atoms with Gasteiger partial charge in [-0.05, 0) is 12.1 Å². The van der Waals surface area contributed by atoms with Gasteiger partial charge in [0.25, 0.3) is 0 Å². The van der Waals surface area contributed by atoms with Crippen LogP contribution >= 0.6 is 0 Å². The van der Waals surface area contributed by atoms with Gasteiger partial charge >= 0.3 is 11.8 Å². The summed E-state index contributed by atoms with van der Waals surface area (Å²) >= 11 is 0. The Kier molecular flexibility index (Phi) is 2.61. The van der Waals surface area contributed by atoms with E-state index < -0.39 is 22.5 Å². The number of benzene rings is 1. The van der Waals surface area contributed by atoms with E-state index in [-0.39, 0.29) is 5.75 Å². The number of rotatable bonds is 2. The molecule has 0 aromatic heterocycles. The molecule has 0 bridgehead atoms. The van der Waals surface area contributed by atoms with Crippen molar-refractivity contribution >= 4 is 11.8 Å². The number of ether oxygens (including phenoxy) is 1. The summed E-state index contributed by atoms with van der Waals surface area (Å²) in [7, 11) is 0. The van der Waals surface area contributed by atoms with Gasteiger partial charge < -0.3 is 10.5 Å². The van der Waals surface area contributed by atoms with Crippen LogP contribution in [0.5, 0.6) is 5.75 Å². The van der Waals surface area contributed by atoms with Gasteiger partial charge in [-0.25, -0.2) is 4.79 Å². The molecule has 0 atom stereocenters. The predicted octanol–water partition coefficient (Wildman–Crippen LogP) is 1.19. The van der Waals surface area contributed by atoms with Crippen molar-refractivity contribution < 1.29 is 18.8 Å².